The van der Waals surface area contributed by atoms with Crippen LogP contribution in [-0.4, -0.2) is 32.6 Å². The minimum atomic E-state index is -0.570. The molecule has 0 spiro atoms. The summed E-state index contributed by atoms with van der Waals surface area (Å²) in [5.74, 6) is 0.125. The highest BCUT2D eigenvalue weighted by molar-refractivity contribution is 6.04. The molecular weight excluding hydrogens is 382 g/mol. The second-order valence-corrected chi connectivity index (χ2v) is 8.65. The first-order valence-electron chi connectivity index (χ1n) is 10.4. The standard InChI is InChI=1S/C24H31NO5/c1-7-11-30-23(27)19-14(2)25-16-12-24(3,4)13-17(26)21(16)20(19)15-9-8-10-18(28-5)22(15)29-6/h8-10,20,25H,7,11-13H2,1-6H3/t20-/m0/s1. The molecule has 0 fully saturated rings. The number of dihydropyridines is 1. The van der Waals surface area contributed by atoms with Gasteiger partial charge >= 0.3 is 5.97 Å². The van der Waals surface area contributed by atoms with Crippen molar-refractivity contribution in [1.82, 2.24) is 5.32 Å². The quantitative estimate of drug-likeness (QED) is 0.703. The van der Waals surface area contributed by atoms with Gasteiger partial charge in [-0.25, -0.2) is 4.79 Å². The Morgan fingerprint density at radius 3 is 2.57 bits per heavy atom. The number of allylic oxidation sites excluding steroid dienone is 3. The summed E-state index contributed by atoms with van der Waals surface area (Å²) in [5.41, 5.74) is 3.22. The van der Waals surface area contributed by atoms with Gasteiger partial charge in [-0.1, -0.05) is 32.9 Å². The van der Waals surface area contributed by atoms with E-state index in [1.807, 2.05) is 26.0 Å². The third-order valence-electron chi connectivity index (χ3n) is 5.64. The summed E-state index contributed by atoms with van der Waals surface area (Å²) in [5, 5.41) is 3.34. The lowest BCUT2D eigenvalue weighted by atomic mass is 9.68. The van der Waals surface area contributed by atoms with E-state index in [4.69, 9.17) is 14.2 Å². The molecule has 0 saturated carbocycles. The molecule has 6 heteroatoms. The van der Waals surface area contributed by atoms with Gasteiger partial charge in [-0.15, -0.1) is 0 Å². The number of carbonyl (C=O) groups is 2. The summed E-state index contributed by atoms with van der Waals surface area (Å²) in [6, 6.07) is 5.53. The molecule has 3 rings (SSSR count). The first-order valence-corrected chi connectivity index (χ1v) is 10.4. The number of methoxy groups -OCH3 is 2. The van der Waals surface area contributed by atoms with Crippen LogP contribution < -0.4 is 14.8 Å². The summed E-state index contributed by atoms with van der Waals surface area (Å²) in [7, 11) is 3.13. The van der Waals surface area contributed by atoms with E-state index >= 15 is 0 Å². The van der Waals surface area contributed by atoms with Crippen molar-refractivity contribution in [2.24, 2.45) is 5.41 Å². The van der Waals surface area contributed by atoms with Crippen LogP contribution in [0.2, 0.25) is 0 Å². The summed E-state index contributed by atoms with van der Waals surface area (Å²) >= 11 is 0. The Bertz CT molecular complexity index is 926. The minimum Gasteiger partial charge on any atom is -0.493 e. The Kier molecular flexibility index (Phi) is 6.25. The van der Waals surface area contributed by atoms with E-state index in [9.17, 15) is 9.59 Å². The summed E-state index contributed by atoms with van der Waals surface area (Å²) in [4.78, 5) is 26.4. The molecule has 6 nitrogen and oxygen atoms in total. The van der Waals surface area contributed by atoms with Crippen LogP contribution in [0.5, 0.6) is 11.5 Å². The minimum absolute atomic E-state index is 0.0388. The maximum atomic E-state index is 13.3. The monoisotopic (exact) mass is 413 g/mol. The lowest BCUT2D eigenvalue weighted by molar-refractivity contribution is -0.139. The largest absolute Gasteiger partial charge is 0.493 e. The number of benzene rings is 1. The van der Waals surface area contributed by atoms with Gasteiger partial charge in [0.2, 0.25) is 0 Å². The third kappa shape index (κ3) is 3.95. The number of hydrogen-bond acceptors (Lipinski definition) is 6. The molecule has 1 atom stereocenters. The van der Waals surface area contributed by atoms with Crippen molar-refractivity contribution in [3.8, 4) is 11.5 Å². The van der Waals surface area contributed by atoms with E-state index in [1.54, 1.807) is 20.3 Å². The molecule has 1 N–H and O–H groups in total. The number of nitrogens with one attached hydrogen (secondary N) is 1. The Morgan fingerprint density at radius 1 is 1.20 bits per heavy atom. The van der Waals surface area contributed by atoms with E-state index in [-0.39, 0.29) is 11.2 Å². The van der Waals surface area contributed by atoms with Gasteiger partial charge in [0.1, 0.15) is 0 Å². The molecule has 1 heterocycles. The summed E-state index contributed by atoms with van der Waals surface area (Å²) < 4.78 is 16.6. The number of ketones is 1. The number of ether oxygens (including phenoxy) is 3. The van der Waals surface area contributed by atoms with Crippen LogP contribution in [0.25, 0.3) is 0 Å². The number of hydrogen-bond donors (Lipinski definition) is 1. The number of rotatable bonds is 6. The average molecular weight is 414 g/mol. The van der Waals surface area contributed by atoms with Crippen molar-refractivity contribution < 1.29 is 23.8 Å². The fourth-order valence-corrected chi connectivity index (χ4v) is 4.43. The van der Waals surface area contributed by atoms with Gasteiger partial charge < -0.3 is 19.5 Å². The smallest absolute Gasteiger partial charge is 0.336 e. The molecule has 0 amide bonds. The van der Waals surface area contributed by atoms with Crippen LogP contribution in [-0.2, 0) is 14.3 Å². The number of Topliss-reactive ketones (excluding diaryl/α,β-unsaturated/α-hetero) is 1. The topological polar surface area (TPSA) is 73.9 Å². The zero-order valence-corrected chi connectivity index (χ0v) is 18.7. The molecule has 1 aromatic rings. The molecule has 0 aromatic heterocycles. The lowest BCUT2D eigenvalue weighted by Gasteiger charge is -2.39. The summed E-state index contributed by atoms with van der Waals surface area (Å²) in [6.07, 6.45) is 1.87. The Hall–Kier alpha value is -2.76. The van der Waals surface area contributed by atoms with Gasteiger partial charge in [0.25, 0.3) is 0 Å². The molecule has 1 aliphatic carbocycles. The first-order chi connectivity index (χ1) is 14.2. The van der Waals surface area contributed by atoms with E-state index in [2.05, 4.69) is 19.2 Å². The molecule has 0 radical (unpaired) electrons. The van der Waals surface area contributed by atoms with Crippen molar-refractivity contribution in [3.63, 3.8) is 0 Å². The first kappa shape index (κ1) is 21.9. The number of para-hydroxylation sites is 1. The van der Waals surface area contributed by atoms with Crippen LogP contribution in [0.3, 0.4) is 0 Å². The van der Waals surface area contributed by atoms with Gasteiger partial charge in [-0.3, -0.25) is 4.79 Å². The Labute approximate surface area is 178 Å². The molecule has 30 heavy (non-hydrogen) atoms. The van der Waals surface area contributed by atoms with Crippen LogP contribution in [0.4, 0.5) is 0 Å². The highest BCUT2D eigenvalue weighted by atomic mass is 16.5. The van der Waals surface area contributed by atoms with Crippen molar-refractivity contribution in [2.45, 2.75) is 52.9 Å². The number of esters is 1. The lowest BCUT2D eigenvalue weighted by Crippen LogP contribution is -2.38. The molecule has 0 unspecified atom stereocenters. The van der Waals surface area contributed by atoms with Gasteiger partial charge in [0.15, 0.2) is 17.3 Å². The van der Waals surface area contributed by atoms with E-state index in [0.29, 0.717) is 41.4 Å². The van der Waals surface area contributed by atoms with Gasteiger partial charge in [-0.2, -0.15) is 0 Å². The normalized spacial score (nSPS) is 20.5. The maximum absolute atomic E-state index is 13.3. The number of carbonyl (C=O) groups excluding carboxylic acids is 2. The highest BCUT2D eigenvalue weighted by Crippen LogP contribution is 2.50. The Balaban J connectivity index is 2.23. The predicted octanol–water partition coefficient (Wildman–Crippen LogP) is 4.26. The third-order valence-corrected chi connectivity index (χ3v) is 5.64. The van der Waals surface area contributed by atoms with E-state index in [1.165, 1.54) is 0 Å². The van der Waals surface area contributed by atoms with E-state index in [0.717, 1.165) is 24.1 Å². The highest BCUT2D eigenvalue weighted by Gasteiger charge is 2.44. The van der Waals surface area contributed by atoms with Gasteiger partial charge in [0, 0.05) is 29.0 Å². The van der Waals surface area contributed by atoms with Crippen LogP contribution in [0.15, 0.2) is 40.7 Å². The molecular formula is C24H31NO5. The molecule has 1 aromatic carbocycles. The van der Waals surface area contributed by atoms with Crippen molar-refractivity contribution in [2.75, 3.05) is 20.8 Å². The van der Waals surface area contributed by atoms with Crippen LogP contribution in [0.1, 0.15) is 58.4 Å². The van der Waals surface area contributed by atoms with Crippen molar-refractivity contribution >= 4 is 11.8 Å². The maximum Gasteiger partial charge on any atom is 0.336 e. The second kappa shape index (κ2) is 8.54. The molecule has 1 aliphatic heterocycles. The molecule has 162 valence electrons. The molecule has 2 aliphatic rings. The Morgan fingerprint density at radius 2 is 1.93 bits per heavy atom. The summed E-state index contributed by atoms with van der Waals surface area (Å²) in [6.45, 7) is 8.30. The molecule has 0 saturated heterocycles. The SMILES string of the molecule is CCCOC(=O)C1=C(C)NC2=C(C(=O)CC(C)(C)C2)[C@H]1c1cccc(OC)c1OC. The van der Waals surface area contributed by atoms with Gasteiger partial charge in [0.05, 0.1) is 32.3 Å². The fourth-order valence-electron chi connectivity index (χ4n) is 4.43. The van der Waals surface area contributed by atoms with Gasteiger partial charge in [-0.05, 0) is 31.2 Å². The zero-order chi connectivity index (χ0) is 22.1. The van der Waals surface area contributed by atoms with Crippen LogP contribution >= 0.6 is 0 Å². The predicted molar refractivity (Wildman–Crippen MR) is 114 cm³/mol. The van der Waals surface area contributed by atoms with E-state index < -0.39 is 11.9 Å². The van der Waals surface area contributed by atoms with Crippen LogP contribution in [0, 0.1) is 5.41 Å². The van der Waals surface area contributed by atoms with Crippen molar-refractivity contribution in [3.05, 3.63) is 46.3 Å². The second-order valence-electron chi connectivity index (χ2n) is 8.65. The molecule has 0 bridgehead atoms. The average Bonchev–Trinajstić information content (AvgIpc) is 2.69. The zero-order valence-electron chi connectivity index (χ0n) is 18.7. The van der Waals surface area contributed by atoms with Crippen molar-refractivity contribution in [1.29, 1.82) is 0 Å². The fraction of sp³-hybridized carbons (Fsp3) is 0.500.